The highest BCUT2D eigenvalue weighted by atomic mass is 19.4. The Balaban J connectivity index is 1.52. The zero-order valence-electron chi connectivity index (χ0n) is 16.1. The Kier molecular flexibility index (Phi) is 5.35. The van der Waals surface area contributed by atoms with Crippen LogP contribution >= 0.6 is 0 Å². The summed E-state index contributed by atoms with van der Waals surface area (Å²) < 4.78 is 52.0. The first-order valence-electron chi connectivity index (χ1n) is 9.23. The Bertz CT molecular complexity index is 1370. The number of anilines is 3. The number of pyridine rings is 2. The van der Waals surface area contributed by atoms with Crippen molar-refractivity contribution in [1.29, 1.82) is 0 Å². The molecule has 4 aromatic rings. The number of nitrogens with one attached hydrogen (secondary N) is 3. The van der Waals surface area contributed by atoms with Crippen LogP contribution in [0, 0.1) is 5.82 Å². The van der Waals surface area contributed by atoms with Crippen LogP contribution in [0.4, 0.5) is 34.6 Å². The van der Waals surface area contributed by atoms with Crippen molar-refractivity contribution in [3.8, 4) is 0 Å². The standard InChI is InChI=1S/C22H14F4N4O2/c23-14-9-13(22(24,25)26)10-16(11-14)29-21(32)12-1-3-15(4-2-12)28-18-7-8-27-20-17(18)5-6-19(31)30-20/h1-11H,(H,29,32)(H2,27,28,30,31). The molecule has 0 aliphatic rings. The second kappa shape index (κ2) is 8.14. The van der Waals surface area contributed by atoms with Crippen LogP contribution < -0.4 is 16.2 Å². The molecule has 0 saturated heterocycles. The molecule has 0 spiro atoms. The lowest BCUT2D eigenvalue weighted by molar-refractivity contribution is -0.137. The molecule has 0 aliphatic heterocycles. The zero-order valence-corrected chi connectivity index (χ0v) is 16.1. The van der Waals surface area contributed by atoms with Crippen LogP contribution in [0.2, 0.25) is 0 Å². The van der Waals surface area contributed by atoms with E-state index >= 15 is 0 Å². The minimum Gasteiger partial charge on any atom is -0.355 e. The first-order valence-corrected chi connectivity index (χ1v) is 9.23. The number of aromatic nitrogens is 2. The number of benzene rings is 2. The first kappa shape index (κ1) is 21.0. The van der Waals surface area contributed by atoms with E-state index in [0.717, 1.165) is 6.07 Å². The molecule has 2 aromatic carbocycles. The van der Waals surface area contributed by atoms with Gasteiger partial charge < -0.3 is 15.6 Å². The van der Waals surface area contributed by atoms with Crippen LogP contribution in [0.1, 0.15) is 15.9 Å². The number of carbonyl (C=O) groups is 1. The third kappa shape index (κ3) is 4.59. The molecule has 1 amide bonds. The largest absolute Gasteiger partial charge is 0.416 e. The number of rotatable bonds is 4. The van der Waals surface area contributed by atoms with Gasteiger partial charge in [0.05, 0.1) is 11.3 Å². The molecule has 0 radical (unpaired) electrons. The highest BCUT2D eigenvalue weighted by Crippen LogP contribution is 2.32. The number of fused-ring (bicyclic) bond motifs is 1. The Hall–Kier alpha value is -4.21. The quantitative estimate of drug-likeness (QED) is 0.385. The van der Waals surface area contributed by atoms with E-state index in [1.165, 1.54) is 24.4 Å². The highest BCUT2D eigenvalue weighted by Gasteiger charge is 2.31. The van der Waals surface area contributed by atoms with Crippen molar-refractivity contribution in [3.63, 3.8) is 0 Å². The number of alkyl halides is 3. The molecule has 0 unspecified atom stereocenters. The number of nitrogens with zero attached hydrogens (tertiary/aromatic N) is 1. The molecule has 2 aromatic heterocycles. The summed E-state index contributed by atoms with van der Waals surface area (Å²) in [5.74, 6) is -1.80. The fourth-order valence-corrected chi connectivity index (χ4v) is 3.06. The van der Waals surface area contributed by atoms with Crippen LogP contribution in [-0.2, 0) is 6.18 Å². The predicted octanol–water partition coefficient (Wildman–Crippen LogP) is 5.08. The first-order chi connectivity index (χ1) is 15.2. The van der Waals surface area contributed by atoms with Gasteiger partial charge >= 0.3 is 6.18 Å². The van der Waals surface area contributed by atoms with Crippen molar-refractivity contribution in [3.05, 3.63) is 94.2 Å². The fraction of sp³-hybridized carbons (Fsp3) is 0.0455. The average Bonchev–Trinajstić information content (AvgIpc) is 2.73. The van der Waals surface area contributed by atoms with Crippen molar-refractivity contribution in [1.82, 2.24) is 9.97 Å². The number of amides is 1. The Labute approximate surface area is 177 Å². The molecule has 2 heterocycles. The maximum absolute atomic E-state index is 13.5. The summed E-state index contributed by atoms with van der Waals surface area (Å²) in [4.78, 5) is 30.6. The molecule has 6 nitrogen and oxygen atoms in total. The third-order valence-corrected chi connectivity index (χ3v) is 4.54. The van der Waals surface area contributed by atoms with Gasteiger partial charge in [-0.15, -0.1) is 0 Å². The lowest BCUT2D eigenvalue weighted by atomic mass is 10.1. The van der Waals surface area contributed by atoms with Gasteiger partial charge in [-0.3, -0.25) is 9.59 Å². The fourth-order valence-electron chi connectivity index (χ4n) is 3.06. The van der Waals surface area contributed by atoms with E-state index in [1.807, 2.05) is 0 Å². The lowest BCUT2D eigenvalue weighted by Gasteiger charge is -2.12. The average molecular weight is 442 g/mol. The lowest BCUT2D eigenvalue weighted by Crippen LogP contribution is -2.13. The van der Waals surface area contributed by atoms with Crippen LogP contribution in [0.5, 0.6) is 0 Å². The second-order valence-electron chi connectivity index (χ2n) is 6.83. The van der Waals surface area contributed by atoms with Gasteiger partial charge in [0.25, 0.3) is 5.91 Å². The Morgan fingerprint density at radius 2 is 1.69 bits per heavy atom. The topological polar surface area (TPSA) is 86.9 Å². The summed E-state index contributed by atoms with van der Waals surface area (Å²) in [7, 11) is 0. The molecule has 0 aliphatic carbocycles. The Morgan fingerprint density at radius 3 is 2.41 bits per heavy atom. The number of halogens is 4. The van der Waals surface area contributed by atoms with Crippen molar-refractivity contribution >= 4 is 34.0 Å². The van der Waals surface area contributed by atoms with Crippen LogP contribution in [0.15, 0.2) is 71.7 Å². The molecule has 162 valence electrons. The molecule has 0 atom stereocenters. The zero-order chi connectivity index (χ0) is 22.9. The minimum atomic E-state index is -4.74. The van der Waals surface area contributed by atoms with Gasteiger partial charge in [-0.1, -0.05) is 0 Å². The summed E-state index contributed by atoms with van der Waals surface area (Å²) in [6.07, 6.45) is -3.21. The second-order valence-corrected chi connectivity index (χ2v) is 6.83. The van der Waals surface area contributed by atoms with E-state index in [9.17, 15) is 27.2 Å². The number of hydrogen-bond acceptors (Lipinski definition) is 4. The maximum atomic E-state index is 13.5. The smallest absolute Gasteiger partial charge is 0.355 e. The summed E-state index contributed by atoms with van der Waals surface area (Å²) in [5.41, 5.74) is 0.0792. The molecule has 4 rings (SSSR count). The molecule has 0 saturated carbocycles. The Morgan fingerprint density at radius 1 is 0.938 bits per heavy atom. The van der Waals surface area contributed by atoms with E-state index in [4.69, 9.17) is 0 Å². The number of carbonyl (C=O) groups excluding carboxylic acids is 1. The van der Waals surface area contributed by atoms with Gasteiger partial charge in [0.1, 0.15) is 11.5 Å². The maximum Gasteiger partial charge on any atom is 0.416 e. The normalized spacial score (nSPS) is 11.4. The van der Waals surface area contributed by atoms with Gasteiger partial charge in [-0.2, -0.15) is 13.2 Å². The molecule has 3 N–H and O–H groups in total. The molecule has 32 heavy (non-hydrogen) atoms. The van der Waals surface area contributed by atoms with Crippen molar-refractivity contribution in [2.45, 2.75) is 6.18 Å². The van der Waals surface area contributed by atoms with Gasteiger partial charge in [0, 0.05) is 34.6 Å². The van der Waals surface area contributed by atoms with Crippen LogP contribution in [-0.4, -0.2) is 15.9 Å². The highest BCUT2D eigenvalue weighted by molar-refractivity contribution is 6.04. The number of aromatic amines is 1. The van der Waals surface area contributed by atoms with Crippen molar-refractivity contribution < 1.29 is 22.4 Å². The molecule has 10 heteroatoms. The van der Waals surface area contributed by atoms with E-state index in [1.54, 1.807) is 24.3 Å². The summed E-state index contributed by atoms with van der Waals surface area (Å²) in [6.45, 7) is 0. The molecule has 0 fully saturated rings. The summed E-state index contributed by atoms with van der Waals surface area (Å²) in [5, 5.41) is 6.10. The summed E-state index contributed by atoms with van der Waals surface area (Å²) in [6, 6.07) is 12.7. The van der Waals surface area contributed by atoms with Crippen molar-refractivity contribution in [2.75, 3.05) is 10.6 Å². The van der Waals surface area contributed by atoms with E-state index in [2.05, 4.69) is 20.6 Å². The van der Waals surface area contributed by atoms with Crippen LogP contribution in [0.25, 0.3) is 11.0 Å². The summed E-state index contributed by atoms with van der Waals surface area (Å²) >= 11 is 0. The number of H-pyrrole nitrogens is 1. The van der Waals surface area contributed by atoms with E-state index in [-0.39, 0.29) is 16.8 Å². The van der Waals surface area contributed by atoms with Gasteiger partial charge in [-0.05, 0) is 54.6 Å². The van der Waals surface area contributed by atoms with Crippen LogP contribution in [0.3, 0.4) is 0 Å². The van der Waals surface area contributed by atoms with E-state index < -0.39 is 23.5 Å². The van der Waals surface area contributed by atoms with E-state index in [0.29, 0.717) is 34.5 Å². The molecular formula is C22H14F4N4O2. The van der Waals surface area contributed by atoms with Gasteiger partial charge in [0.15, 0.2) is 0 Å². The SMILES string of the molecule is O=C(Nc1cc(F)cc(C(F)(F)F)c1)c1ccc(Nc2ccnc3[nH]c(=O)ccc23)cc1. The molecular weight excluding hydrogens is 428 g/mol. The van der Waals surface area contributed by atoms with Gasteiger partial charge in [-0.25, -0.2) is 9.37 Å². The monoisotopic (exact) mass is 442 g/mol. The minimum absolute atomic E-state index is 0.164. The number of hydrogen-bond donors (Lipinski definition) is 3. The van der Waals surface area contributed by atoms with Gasteiger partial charge in [0.2, 0.25) is 5.56 Å². The predicted molar refractivity (Wildman–Crippen MR) is 111 cm³/mol. The molecule has 0 bridgehead atoms. The van der Waals surface area contributed by atoms with Crippen molar-refractivity contribution in [2.24, 2.45) is 0 Å². The third-order valence-electron chi connectivity index (χ3n) is 4.54.